The highest BCUT2D eigenvalue weighted by Gasteiger charge is 2.25. The van der Waals surface area contributed by atoms with Crippen molar-refractivity contribution in [2.75, 3.05) is 13.2 Å². The van der Waals surface area contributed by atoms with Crippen LogP contribution in [0.15, 0.2) is 66.2 Å². The summed E-state index contributed by atoms with van der Waals surface area (Å²) in [6, 6.07) is 10.4. The zero-order valence-electron chi connectivity index (χ0n) is 16.1. The molecular weight excluding hydrogens is 412 g/mol. The zero-order chi connectivity index (χ0) is 20.7. The molecule has 0 spiro atoms. The molecule has 154 valence electrons. The maximum atomic E-state index is 13.3. The standard InChI is InChI=1S/C20H23ClN4O3S/c1-2-28-19-7-4-3-6-17(19)15-25(12-5-11-24-13-10-22-16-24)29(26,27)18-8-9-20(21)23-14-18/h3-4,6-10,13-14,16H,2,5,11-12,15H2,1H3. The van der Waals surface area contributed by atoms with Gasteiger partial charge in [0.25, 0.3) is 0 Å². The molecule has 0 radical (unpaired) electrons. The smallest absolute Gasteiger partial charge is 0.244 e. The Morgan fingerprint density at radius 1 is 1.21 bits per heavy atom. The Labute approximate surface area is 176 Å². The predicted octanol–water partition coefficient (Wildman–Crippen LogP) is 3.61. The van der Waals surface area contributed by atoms with Gasteiger partial charge in [0, 0.05) is 43.8 Å². The highest BCUT2D eigenvalue weighted by atomic mass is 35.5. The van der Waals surface area contributed by atoms with Gasteiger partial charge in [-0.25, -0.2) is 18.4 Å². The van der Waals surface area contributed by atoms with Crippen molar-refractivity contribution in [1.82, 2.24) is 18.8 Å². The fourth-order valence-electron chi connectivity index (χ4n) is 2.92. The number of rotatable bonds is 10. The van der Waals surface area contributed by atoms with Crippen LogP contribution in [0.2, 0.25) is 5.15 Å². The van der Waals surface area contributed by atoms with Crippen LogP contribution in [0.3, 0.4) is 0 Å². The van der Waals surface area contributed by atoms with Gasteiger partial charge in [-0.05, 0) is 31.5 Å². The van der Waals surface area contributed by atoms with E-state index in [2.05, 4.69) is 9.97 Å². The molecule has 0 atom stereocenters. The topological polar surface area (TPSA) is 77.3 Å². The molecule has 0 aliphatic carbocycles. The Balaban J connectivity index is 1.85. The van der Waals surface area contributed by atoms with Gasteiger partial charge in [-0.2, -0.15) is 4.31 Å². The summed E-state index contributed by atoms with van der Waals surface area (Å²) in [4.78, 5) is 8.05. The van der Waals surface area contributed by atoms with Crippen molar-refractivity contribution in [3.05, 3.63) is 72.0 Å². The van der Waals surface area contributed by atoms with Crippen LogP contribution in [0.4, 0.5) is 0 Å². The molecule has 2 aromatic heterocycles. The summed E-state index contributed by atoms with van der Waals surface area (Å²) < 4.78 is 35.6. The van der Waals surface area contributed by atoms with E-state index in [0.29, 0.717) is 31.9 Å². The molecule has 3 aromatic rings. The van der Waals surface area contributed by atoms with Crippen molar-refractivity contribution in [2.24, 2.45) is 0 Å². The summed E-state index contributed by atoms with van der Waals surface area (Å²) in [6.45, 7) is 3.61. The maximum absolute atomic E-state index is 13.3. The Morgan fingerprint density at radius 2 is 2.03 bits per heavy atom. The first kappa shape index (κ1) is 21.3. The lowest BCUT2D eigenvalue weighted by molar-refractivity contribution is 0.326. The number of nitrogens with zero attached hydrogens (tertiary/aromatic N) is 4. The first-order valence-electron chi connectivity index (χ1n) is 9.29. The monoisotopic (exact) mass is 434 g/mol. The third-order valence-corrected chi connectivity index (χ3v) is 6.39. The molecule has 0 saturated heterocycles. The number of halogens is 1. The van der Waals surface area contributed by atoms with Gasteiger partial charge in [-0.1, -0.05) is 29.8 Å². The lowest BCUT2D eigenvalue weighted by Crippen LogP contribution is -2.32. The normalized spacial score (nSPS) is 11.7. The van der Waals surface area contributed by atoms with Crippen LogP contribution >= 0.6 is 11.6 Å². The summed E-state index contributed by atoms with van der Waals surface area (Å²) in [5.74, 6) is 0.680. The quantitative estimate of drug-likeness (QED) is 0.455. The van der Waals surface area contributed by atoms with E-state index in [9.17, 15) is 8.42 Å². The number of sulfonamides is 1. The van der Waals surface area contributed by atoms with Gasteiger partial charge in [0.05, 0.1) is 12.9 Å². The SMILES string of the molecule is CCOc1ccccc1CN(CCCn1ccnc1)S(=O)(=O)c1ccc(Cl)nc1. The number of hydrogen-bond donors (Lipinski definition) is 0. The van der Waals surface area contributed by atoms with E-state index in [-0.39, 0.29) is 16.6 Å². The van der Waals surface area contributed by atoms with Gasteiger partial charge in [-0.15, -0.1) is 0 Å². The number of para-hydroxylation sites is 1. The van der Waals surface area contributed by atoms with Gasteiger partial charge in [-0.3, -0.25) is 0 Å². The molecular formula is C20H23ClN4O3S. The fraction of sp³-hybridized carbons (Fsp3) is 0.300. The van der Waals surface area contributed by atoms with E-state index in [1.54, 1.807) is 12.5 Å². The van der Waals surface area contributed by atoms with Crippen molar-refractivity contribution in [3.63, 3.8) is 0 Å². The van der Waals surface area contributed by atoms with Crippen molar-refractivity contribution in [2.45, 2.75) is 31.3 Å². The molecule has 0 fully saturated rings. The summed E-state index contributed by atoms with van der Waals surface area (Å²) >= 11 is 5.82. The summed E-state index contributed by atoms with van der Waals surface area (Å²) in [5, 5.41) is 0.247. The van der Waals surface area contributed by atoms with Crippen LogP contribution in [-0.2, 0) is 23.1 Å². The number of benzene rings is 1. The third kappa shape index (κ3) is 5.56. The minimum absolute atomic E-state index is 0.110. The number of hydrogen-bond acceptors (Lipinski definition) is 5. The number of imidazole rings is 1. The second-order valence-electron chi connectivity index (χ2n) is 6.35. The second-order valence-corrected chi connectivity index (χ2v) is 8.68. The van der Waals surface area contributed by atoms with Crippen molar-refractivity contribution < 1.29 is 13.2 Å². The molecule has 1 aromatic carbocycles. The molecule has 7 nitrogen and oxygen atoms in total. The Bertz CT molecular complexity index is 1010. The van der Waals surface area contributed by atoms with Gasteiger partial charge < -0.3 is 9.30 Å². The average Bonchev–Trinajstić information content (AvgIpc) is 3.22. The molecule has 0 bridgehead atoms. The molecule has 9 heteroatoms. The molecule has 0 unspecified atom stereocenters. The van der Waals surface area contributed by atoms with Crippen molar-refractivity contribution in [3.8, 4) is 5.75 Å². The molecule has 0 amide bonds. The summed E-state index contributed by atoms with van der Waals surface area (Å²) in [6.07, 6.45) is 7.19. The number of aryl methyl sites for hydroxylation is 1. The number of ether oxygens (including phenoxy) is 1. The van der Waals surface area contributed by atoms with E-state index >= 15 is 0 Å². The summed E-state index contributed by atoms with van der Waals surface area (Å²) in [7, 11) is -3.76. The first-order chi connectivity index (χ1) is 14.0. The van der Waals surface area contributed by atoms with E-state index in [1.807, 2.05) is 42.0 Å². The lowest BCUT2D eigenvalue weighted by atomic mass is 10.2. The third-order valence-electron chi connectivity index (χ3n) is 4.34. The molecule has 0 aliphatic rings. The first-order valence-corrected chi connectivity index (χ1v) is 11.1. The fourth-order valence-corrected chi connectivity index (χ4v) is 4.43. The van der Waals surface area contributed by atoms with Gasteiger partial charge >= 0.3 is 0 Å². The second kappa shape index (κ2) is 9.87. The van der Waals surface area contributed by atoms with Gasteiger partial charge in [0.1, 0.15) is 15.8 Å². The van der Waals surface area contributed by atoms with E-state index in [0.717, 1.165) is 5.56 Å². The molecule has 3 rings (SSSR count). The predicted molar refractivity (Wildman–Crippen MR) is 111 cm³/mol. The maximum Gasteiger partial charge on any atom is 0.244 e. The van der Waals surface area contributed by atoms with E-state index in [4.69, 9.17) is 16.3 Å². The van der Waals surface area contributed by atoms with Crippen LogP contribution in [0, 0.1) is 0 Å². The van der Waals surface area contributed by atoms with Gasteiger partial charge in [0.2, 0.25) is 10.0 Å². The van der Waals surface area contributed by atoms with Crippen LogP contribution in [0.25, 0.3) is 0 Å². The summed E-state index contributed by atoms with van der Waals surface area (Å²) in [5.41, 5.74) is 0.808. The minimum atomic E-state index is -3.76. The van der Waals surface area contributed by atoms with E-state index < -0.39 is 10.0 Å². The molecule has 29 heavy (non-hydrogen) atoms. The molecule has 0 aliphatic heterocycles. The van der Waals surface area contributed by atoms with Crippen molar-refractivity contribution in [1.29, 1.82) is 0 Å². The average molecular weight is 435 g/mol. The number of aromatic nitrogens is 3. The zero-order valence-corrected chi connectivity index (χ0v) is 17.7. The Morgan fingerprint density at radius 3 is 2.72 bits per heavy atom. The van der Waals surface area contributed by atoms with Crippen LogP contribution < -0.4 is 4.74 Å². The van der Waals surface area contributed by atoms with E-state index in [1.165, 1.54) is 22.6 Å². The van der Waals surface area contributed by atoms with Crippen molar-refractivity contribution >= 4 is 21.6 Å². The highest BCUT2D eigenvalue weighted by molar-refractivity contribution is 7.89. The molecule has 2 heterocycles. The highest BCUT2D eigenvalue weighted by Crippen LogP contribution is 2.24. The molecule has 0 N–H and O–H groups in total. The van der Waals surface area contributed by atoms with Crippen LogP contribution in [0.1, 0.15) is 18.9 Å². The number of pyridine rings is 1. The molecule has 0 saturated carbocycles. The Kier molecular flexibility index (Phi) is 7.24. The Hall–Kier alpha value is -2.42. The van der Waals surface area contributed by atoms with Crippen LogP contribution in [-0.4, -0.2) is 40.4 Å². The van der Waals surface area contributed by atoms with Crippen LogP contribution in [0.5, 0.6) is 5.75 Å². The van der Waals surface area contributed by atoms with Gasteiger partial charge in [0.15, 0.2) is 0 Å². The minimum Gasteiger partial charge on any atom is -0.494 e. The largest absolute Gasteiger partial charge is 0.494 e. The lowest BCUT2D eigenvalue weighted by Gasteiger charge is -2.23.